The van der Waals surface area contributed by atoms with Crippen molar-refractivity contribution >= 4 is 10.0 Å². The largest absolute Gasteiger partial charge is 0.496 e. The zero-order valence-electron chi connectivity index (χ0n) is 16.9. The van der Waals surface area contributed by atoms with Gasteiger partial charge in [-0.15, -0.1) is 0 Å². The smallest absolute Gasteiger partial charge is 0.241 e. The number of benzene rings is 2. The fourth-order valence-corrected chi connectivity index (χ4v) is 4.28. The third-order valence-corrected chi connectivity index (χ3v) is 6.04. The average molecular weight is 392 g/mol. The Balaban J connectivity index is 2.30. The fraction of sp³-hybridized carbons (Fsp3) is 0.429. The third-order valence-electron chi connectivity index (χ3n) is 4.48. The monoisotopic (exact) mass is 391 g/mol. The minimum atomic E-state index is -3.64. The Morgan fingerprint density at radius 1 is 1.04 bits per heavy atom. The Kier molecular flexibility index (Phi) is 6.89. The first-order chi connectivity index (χ1) is 12.7. The van der Waals surface area contributed by atoms with Gasteiger partial charge in [-0.05, 0) is 79.8 Å². The van der Waals surface area contributed by atoms with Crippen LogP contribution < -0.4 is 14.2 Å². The maximum Gasteiger partial charge on any atom is 0.241 e. The van der Waals surface area contributed by atoms with Crippen molar-refractivity contribution in [3.63, 3.8) is 0 Å². The van der Waals surface area contributed by atoms with Crippen molar-refractivity contribution in [3.05, 3.63) is 53.1 Å². The van der Waals surface area contributed by atoms with Gasteiger partial charge in [-0.2, -0.15) is 0 Å². The molecule has 0 saturated heterocycles. The van der Waals surface area contributed by atoms with Crippen LogP contribution in [0.3, 0.4) is 0 Å². The fourth-order valence-electron chi connectivity index (χ4n) is 3.06. The molecule has 5 nitrogen and oxygen atoms in total. The van der Waals surface area contributed by atoms with Crippen molar-refractivity contribution in [3.8, 4) is 11.5 Å². The SMILES string of the molecule is CCOc1ccc(S(=O)(=O)N[C@@H](C)c2cc(C(C)C)c(OC)cc2C)cc1. The summed E-state index contributed by atoms with van der Waals surface area (Å²) < 4.78 is 39.1. The summed E-state index contributed by atoms with van der Waals surface area (Å²) in [6.07, 6.45) is 0. The zero-order chi connectivity index (χ0) is 20.2. The van der Waals surface area contributed by atoms with Gasteiger partial charge < -0.3 is 9.47 Å². The number of sulfonamides is 1. The van der Waals surface area contributed by atoms with Crippen molar-refractivity contribution in [2.45, 2.75) is 51.5 Å². The summed E-state index contributed by atoms with van der Waals surface area (Å²) in [4.78, 5) is 0.216. The van der Waals surface area contributed by atoms with Crippen molar-refractivity contribution < 1.29 is 17.9 Å². The van der Waals surface area contributed by atoms with Gasteiger partial charge in [0, 0.05) is 6.04 Å². The van der Waals surface area contributed by atoms with E-state index in [2.05, 4.69) is 18.6 Å². The number of aryl methyl sites for hydroxylation is 1. The van der Waals surface area contributed by atoms with Gasteiger partial charge in [0.2, 0.25) is 10.0 Å². The molecule has 0 heterocycles. The maximum absolute atomic E-state index is 12.8. The van der Waals surface area contributed by atoms with Crippen LogP contribution in [-0.4, -0.2) is 22.1 Å². The normalized spacial score (nSPS) is 12.9. The lowest BCUT2D eigenvalue weighted by molar-refractivity contribution is 0.340. The van der Waals surface area contributed by atoms with E-state index in [0.29, 0.717) is 12.4 Å². The van der Waals surface area contributed by atoms with Gasteiger partial charge in [0.25, 0.3) is 0 Å². The quantitative estimate of drug-likeness (QED) is 0.716. The van der Waals surface area contributed by atoms with Gasteiger partial charge >= 0.3 is 0 Å². The highest BCUT2D eigenvalue weighted by Gasteiger charge is 2.21. The van der Waals surface area contributed by atoms with Crippen molar-refractivity contribution in [1.82, 2.24) is 4.72 Å². The number of hydrogen-bond donors (Lipinski definition) is 1. The first-order valence-electron chi connectivity index (χ1n) is 9.13. The summed E-state index contributed by atoms with van der Waals surface area (Å²) in [6, 6.07) is 10.1. The second kappa shape index (κ2) is 8.76. The molecule has 0 saturated carbocycles. The number of ether oxygens (including phenoxy) is 2. The molecule has 0 unspecified atom stereocenters. The summed E-state index contributed by atoms with van der Waals surface area (Å²) in [5, 5.41) is 0. The van der Waals surface area contributed by atoms with E-state index in [9.17, 15) is 8.42 Å². The topological polar surface area (TPSA) is 64.6 Å². The van der Waals surface area contributed by atoms with Gasteiger partial charge in [-0.3, -0.25) is 0 Å². The molecule has 2 aromatic rings. The second-order valence-corrected chi connectivity index (χ2v) is 8.57. The van der Waals surface area contributed by atoms with Crippen LogP contribution in [0.4, 0.5) is 0 Å². The molecule has 2 rings (SSSR count). The predicted molar refractivity (Wildman–Crippen MR) is 108 cm³/mol. The minimum absolute atomic E-state index is 0.216. The number of rotatable bonds is 8. The molecule has 0 aliphatic rings. The molecule has 0 bridgehead atoms. The number of nitrogens with one attached hydrogen (secondary N) is 1. The summed E-state index contributed by atoms with van der Waals surface area (Å²) in [5.74, 6) is 1.75. The highest BCUT2D eigenvalue weighted by molar-refractivity contribution is 7.89. The van der Waals surface area contributed by atoms with Gasteiger partial charge in [0.15, 0.2) is 0 Å². The van der Waals surface area contributed by atoms with E-state index < -0.39 is 10.0 Å². The van der Waals surface area contributed by atoms with Crippen LogP contribution in [0.1, 0.15) is 56.3 Å². The van der Waals surface area contributed by atoms with Crippen LogP contribution in [0.15, 0.2) is 41.3 Å². The van der Waals surface area contributed by atoms with Crippen molar-refractivity contribution in [1.29, 1.82) is 0 Å². The summed E-state index contributed by atoms with van der Waals surface area (Å²) >= 11 is 0. The van der Waals surface area contributed by atoms with Crippen LogP contribution in [0.5, 0.6) is 11.5 Å². The standard InChI is InChI=1S/C21H29NO4S/c1-7-26-17-8-10-18(11-9-17)27(23,24)22-16(5)20-13-19(14(2)3)21(25-6)12-15(20)4/h8-14,16,22H,7H2,1-6H3/t16-/m0/s1. The van der Waals surface area contributed by atoms with Gasteiger partial charge in [0.05, 0.1) is 18.6 Å². The van der Waals surface area contributed by atoms with E-state index in [1.54, 1.807) is 31.4 Å². The summed E-state index contributed by atoms with van der Waals surface area (Å²) in [6.45, 7) is 10.4. The molecular formula is C21H29NO4S. The molecule has 1 N–H and O–H groups in total. The van der Waals surface area contributed by atoms with E-state index in [-0.39, 0.29) is 16.9 Å². The van der Waals surface area contributed by atoms with Crippen LogP contribution in [0.25, 0.3) is 0 Å². The Hall–Kier alpha value is -2.05. The Bertz CT molecular complexity index is 874. The summed E-state index contributed by atoms with van der Waals surface area (Å²) in [7, 11) is -1.99. The van der Waals surface area contributed by atoms with Gasteiger partial charge in [-0.1, -0.05) is 13.8 Å². The lowest BCUT2D eigenvalue weighted by Crippen LogP contribution is -2.27. The lowest BCUT2D eigenvalue weighted by atomic mass is 9.94. The second-order valence-electron chi connectivity index (χ2n) is 6.85. The summed E-state index contributed by atoms with van der Waals surface area (Å²) in [5.41, 5.74) is 2.98. The highest BCUT2D eigenvalue weighted by atomic mass is 32.2. The van der Waals surface area contributed by atoms with Crippen LogP contribution in [-0.2, 0) is 10.0 Å². The van der Waals surface area contributed by atoms with E-state index in [4.69, 9.17) is 9.47 Å². The minimum Gasteiger partial charge on any atom is -0.496 e. The van der Waals surface area contributed by atoms with Crippen molar-refractivity contribution in [2.75, 3.05) is 13.7 Å². The maximum atomic E-state index is 12.8. The Morgan fingerprint density at radius 2 is 1.67 bits per heavy atom. The van der Waals surface area contributed by atoms with Crippen LogP contribution >= 0.6 is 0 Å². The number of hydrogen-bond acceptors (Lipinski definition) is 4. The molecule has 0 fully saturated rings. The molecule has 0 aliphatic carbocycles. The first-order valence-corrected chi connectivity index (χ1v) is 10.6. The highest BCUT2D eigenvalue weighted by Crippen LogP contribution is 2.32. The molecule has 27 heavy (non-hydrogen) atoms. The molecule has 0 spiro atoms. The van der Waals surface area contributed by atoms with Crippen LogP contribution in [0, 0.1) is 6.92 Å². The third kappa shape index (κ3) is 5.02. The molecule has 0 amide bonds. The molecule has 2 aromatic carbocycles. The average Bonchev–Trinajstić information content (AvgIpc) is 2.61. The Labute approximate surface area is 162 Å². The zero-order valence-corrected chi connectivity index (χ0v) is 17.7. The number of methoxy groups -OCH3 is 1. The first kappa shape index (κ1) is 21.3. The van der Waals surface area contributed by atoms with Gasteiger partial charge in [-0.25, -0.2) is 13.1 Å². The Morgan fingerprint density at radius 3 is 2.19 bits per heavy atom. The molecular weight excluding hydrogens is 362 g/mol. The predicted octanol–water partition coefficient (Wildman–Crippen LogP) is 4.57. The van der Waals surface area contributed by atoms with Gasteiger partial charge in [0.1, 0.15) is 11.5 Å². The molecule has 6 heteroatoms. The molecule has 148 valence electrons. The van der Waals surface area contributed by atoms with E-state index in [1.807, 2.05) is 32.9 Å². The van der Waals surface area contributed by atoms with Crippen molar-refractivity contribution in [2.24, 2.45) is 0 Å². The van der Waals surface area contributed by atoms with E-state index >= 15 is 0 Å². The molecule has 1 atom stereocenters. The molecule has 0 aromatic heterocycles. The lowest BCUT2D eigenvalue weighted by Gasteiger charge is -2.21. The molecule has 0 aliphatic heterocycles. The van der Waals surface area contributed by atoms with E-state index in [0.717, 1.165) is 22.4 Å². The van der Waals surface area contributed by atoms with Crippen LogP contribution in [0.2, 0.25) is 0 Å². The molecule has 0 radical (unpaired) electrons. The van der Waals surface area contributed by atoms with E-state index in [1.165, 1.54) is 0 Å².